The van der Waals surface area contributed by atoms with E-state index in [0.717, 1.165) is 18.7 Å². The maximum atomic E-state index is 13.0. The molecule has 3 aromatic rings. The topological polar surface area (TPSA) is 59.7 Å². The molecular formula is C21H22N4O2. The van der Waals surface area contributed by atoms with E-state index < -0.39 is 0 Å². The molecule has 0 N–H and O–H groups in total. The van der Waals surface area contributed by atoms with Crippen molar-refractivity contribution in [2.75, 3.05) is 26.3 Å². The van der Waals surface area contributed by atoms with Crippen molar-refractivity contribution in [1.29, 1.82) is 0 Å². The predicted molar refractivity (Wildman–Crippen MR) is 106 cm³/mol. The number of rotatable bonds is 4. The van der Waals surface area contributed by atoms with Crippen molar-refractivity contribution in [2.24, 2.45) is 5.10 Å². The molecule has 0 unspecified atom stereocenters. The molecule has 0 bridgehead atoms. The normalized spacial score (nSPS) is 15.6. The third kappa shape index (κ3) is 3.97. The van der Waals surface area contributed by atoms with Gasteiger partial charge in [0.1, 0.15) is 5.82 Å². The Morgan fingerprint density at radius 1 is 1.11 bits per heavy atom. The molecule has 6 nitrogen and oxygen atoms in total. The van der Waals surface area contributed by atoms with Gasteiger partial charge in [-0.15, -0.1) is 0 Å². The van der Waals surface area contributed by atoms with Crippen LogP contribution < -0.4 is 5.56 Å². The zero-order valence-electron chi connectivity index (χ0n) is 15.3. The second-order valence-corrected chi connectivity index (χ2v) is 6.71. The molecule has 138 valence electrons. The fraction of sp³-hybridized carbons (Fsp3) is 0.286. The molecule has 1 aromatic heterocycles. The summed E-state index contributed by atoms with van der Waals surface area (Å²) in [5, 5.41) is 5.05. The van der Waals surface area contributed by atoms with E-state index in [1.54, 1.807) is 12.3 Å². The summed E-state index contributed by atoms with van der Waals surface area (Å²) in [6, 6.07) is 15.4. The van der Waals surface area contributed by atoms with E-state index in [9.17, 15) is 4.79 Å². The quantitative estimate of drug-likeness (QED) is 0.669. The highest BCUT2D eigenvalue weighted by atomic mass is 16.5. The van der Waals surface area contributed by atoms with Crippen LogP contribution in [0.5, 0.6) is 0 Å². The highest BCUT2D eigenvalue weighted by molar-refractivity contribution is 5.80. The molecule has 2 heterocycles. The van der Waals surface area contributed by atoms with Crippen molar-refractivity contribution < 1.29 is 4.74 Å². The average molecular weight is 362 g/mol. The van der Waals surface area contributed by atoms with Crippen LogP contribution >= 0.6 is 0 Å². The van der Waals surface area contributed by atoms with Crippen molar-refractivity contribution in [3.05, 3.63) is 75.8 Å². The fourth-order valence-electron chi connectivity index (χ4n) is 3.13. The minimum atomic E-state index is -0.146. The van der Waals surface area contributed by atoms with E-state index in [1.165, 1.54) is 10.2 Å². The van der Waals surface area contributed by atoms with E-state index in [-0.39, 0.29) is 5.56 Å². The first kappa shape index (κ1) is 17.6. The van der Waals surface area contributed by atoms with Gasteiger partial charge in [-0.3, -0.25) is 9.69 Å². The first-order valence-corrected chi connectivity index (χ1v) is 9.12. The molecule has 4 rings (SSSR count). The maximum Gasteiger partial charge on any atom is 0.282 e. The molecule has 0 amide bonds. The number of para-hydroxylation sites is 1. The Labute approximate surface area is 157 Å². The van der Waals surface area contributed by atoms with Gasteiger partial charge in [-0.05, 0) is 24.6 Å². The van der Waals surface area contributed by atoms with E-state index in [1.807, 2.05) is 49.4 Å². The average Bonchev–Trinajstić information content (AvgIpc) is 2.70. The summed E-state index contributed by atoms with van der Waals surface area (Å²) in [4.78, 5) is 20.0. The minimum Gasteiger partial charge on any atom is -0.379 e. The minimum absolute atomic E-state index is 0.146. The second kappa shape index (κ2) is 7.82. The Bertz CT molecular complexity index is 1020. The van der Waals surface area contributed by atoms with Gasteiger partial charge in [0, 0.05) is 13.1 Å². The molecule has 6 heteroatoms. The summed E-state index contributed by atoms with van der Waals surface area (Å²) in [7, 11) is 0. The highest BCUT2D eigenvalue weighted by Gasteiger charge is 2.16. The fourth-order valence-corrected chi connectivity index (χ4v) is 3.13. The highest BCUT2D eigenvalue weighted by Crippen LogP contribution is 2.11. The van der Waals surface area contributed by atoms with Crippen molar-refractivity contribution in [3.8, 4) is 0 Å². The monoisotopic (exact) mass is 362 g/mol. The van der Waals surface area contributed by atoms with Crippen LogP contribution in [0.1, 0.15) is 17.0 Å². The lowest BCUT2D eigenvalue weighted by Crippen LogP contribution is -2.37. The van der Waals surface area contributed by atoms with Crippen molar-refractivity contribution in [3.63, 3.8) is 0 Å². The van der Waals surface area contributed by atoms with Crippen molar-refractivity contribution in [1.82, 2.24) is 14.6 Å². The Balaban J connectivity index is 1.75. The van der Waals surface area contributed by atoms with Gasteiger partial charge >= 0.3 is 0 Å². The van der Waals surface area contributed by atoms with Gasteiger partial charge in [0.15, 0.2) is 0 Å². The summed E-state index contributed by atoms with van der Waals surface area (Å²) < 4.78 is 6.84. The molecule has 2 aromatic carbocycles. The van der Waals surface area contributed by atoms with Gasteiger partial charge in [0.05, 0.1) is 36.9 Å². The molecule has 0 atom stereocenters. The molecule has 1 aliphatic rings. The van der Waals surface area contributed by atoms with Crippen LogP contribution in [-0.2, 0) is 11.3 Å². The molecule has 27 heavy (non-hydrogen) atoms. The standard InChI is InChI=1S/C21H22N4O2/c1-16-6-8-17(9-7-16)14-22-25-20(15-24-10-12-27-13-11-24)23-19-5-3-2-4-18(19)21(25)26/h2-9,14H,10-13,15H2,1H3. The van der Waals surface area contributed by atoms with Gasteiger partial charge in [-0.1, -0.05) is 42.0 Å². The first-order chi connectivity index (χ1) is 13.2. The lowest BCUT2D eigenvalue weighted by atomic mass is 10.2. The summed E-state index contributed by atoms with van der Waals surface area (Å²) >= 11 is 0. The van der Waals surface area contributed by atoms with Gasteiger partial charge in [0.25, 0.3) is 5.56 Å². The van der Waals surface area contributed by atoms with Gasteiger partial charge < -0.3 is 4.74 Å². The number of hydrogen-bond acceptors (Lipinski definition) is 5. The first-order valence-electron chi connectivity index (χ1n) is 9.12. The Morgan fingerprint density at radius 3 is 2.63 bits per heavy atom. The number of aromatic nitrogens is 2. The Hall–Kier alpha value is -2.83. The molecule has 1 fully saturated rings. The largest absolute Gasteiger partial charge is 0.379 e. The molecule has 0 aliphatic carbocycles. The molecule has 0 spiro atoms. The van der Waals surface area contributed by atoms with Gasteiger partial charge in [-0.25, -0.2) is 4.98 Å². The lowest BCUT2D eigenvalue weighted by Gasteiger charge is -2.26. The van der Waals surface area contributed by atoms with Crippen molar-refractivity contribution >= 4 is 17.1 Å². The zero-order chi connectivity index (χ0) is 18.6. The number of hydrogen-bond donors (Lipinski definition) is 0. The van der Waals surface area contributed by atoms with Crippen molar-refractivity contribution in [2.45, 2.75) is 13.5 Å². The number of benzene rings is 2. The van der Waals surface area contributed by atoms with Crippen LogP contribution in [0.15, 0.2) is 58.4 Å². The maximum absolute atomic E-state index is 13.0. The number of nitrogens with zero attached hydrogens (tertiary/aromatic N) is 4. The van der Waals surface area contributed by atoms with Crippen LogP contribution in [-0.4, -0.2) is 47.1 Å². The van der Waals surface area contributed by atoms with E-state index in [2.05, 4.69) is 10.0 Å². The summed E-state index contributed by atoms with van der Waals surface area (Å²) in [5.74, 6) is 0.643. The Morgan fingerprint density at radius 2 is 1.85 bits per heavy atom. The third-order valence-corrected chi connectivity index (χ3v) is 4.69. The molecule has 1 saturated heterocycles. The molecule has 0 radical (unpaired) electrons. The number of fused-ring (bicyclic) bond motifs is 1. The smallest absolute Gasteiger partial charge is 0.282 e. The predicted octanol–water partition coefficient (Wildman–Crippen LogP) is 2.42. The van der Waals surface area contributed by atoms with Crippen LogP contribution in [0.4, 0.5) is 0 Å². The number of aryl methyl sites for hydroxylation is 1. The van der Waals surface area contributed by atoms with Gasteiger partial charge in [-0.2, -0.15) is 9.78 Å². The van der Waals surface area contributed by atoms with E-state index in [4.69, 9.17) is 9.72 Å². The van der Waals surface area contributed by atoms with E-state index in [0.29, 0.717) is 36.5 Å². The van der Waals surface area contributed by atoms with Crippen LogP contribution in [0.3, 0.4) is 0 Å². The summed E-state index contributed by atoms with van der Waals surface area (Å²) in [6.45, 7) is 5.65. The lowest BCUT2D eigenvalue weighted by molar-refractivity contribution is 0.0325. The second-order valence-electron chi connectivity index (χ2n) is 6.71. The molecule has 1 aliphatic heterocycles. The molecular weight excluding hydrogens is 340 g/mol. The van der Waals surface area contributed by atoms with Gasteiger partial charge in [0.2, 0.25) is 0 Å². The summed E-state index contributed by atoms with van der Waals surface area (Å²) in [6.07, 6.45) is 1.71. The summed E-state index contributed by atoms with van der Waals surface area (Å²) in [5.41, 5.74) is 2.68. The molecule has 0 saturated carbocycles. The SMILES string of the molecule is Cc1ccc(C=Nn2c(CN3CCOCC3)nc3ccccc3c2=O)cc1. The van der Waals surface area contributed by atoms with Crippen LogP contribution in [0.25, 0.3) is 10.9 Å². The number of ether oxygens (including phenoxy) is 1. The third-order valence-electron chi connectivity index (χ3n) is 4.69. The van der Waals surface area contributed by atoms with Crippen LogP contribution in [0.2, 0.25) is 0 Å². The Kier molecular flexibility index (Phi) is 5.09. The zero-order valence-corrected chi connectivity index (χ0v) is 15.3. The van der Waals surface area contributed by atoms with Crippen LogP contribution in [0, 0.1) is 6.92 Å². The number of morpholine rings is 1. The van der Waals surface area contributed by atoms with E-state index >= 15 is 0 Å².